The van der Waals surface area contributed by atoms with Crippen LogP contribution in [0.15, 0.2) is 54.6 Å². The van der Waals surface area contributed by atoms with Crippen molar-refractivity contribution < 1.29 is 7.58 Å². The van der Waals surface area contributed by atoms with Gasteiger partial charge in [0, 0.05) is 5.28 Å². The molecule has 3 aromatic rings. The van der Waals surface area contributed by atoms with Crippen LogP contribution in [-0.2, 0) is 26.9 Å². The molecule has 0 unspecified atom stereocenters. The highest BCUT2D eigenvalue weighted by atomic mass is 27.2. The van der Waals surface area contributed by atoms with Crippen LogP contribution < -0.4 is 7.58 Å². The lowest BCUT2D eigenvalue weighted by Crippen LogP contribution is -2.37. The first-order chi connectivity index (χ1) is 18.2. The molecule has 0 aliphatic rings. The van der Waals surface area contributed by atoms with Gasteiger partial charge >= 0.3 is 14.8 Å². The van der Waals surface area contributed by atoms with E-state index >= 15 is 0 Å². The molecule has 3 rings (SSSR count). The molecule has 2 nitrogen and oxygen atoms in total. The number of benzene rings is 3. The van der Waals surface area contributed by atoms with Crippen LogP contribution in [0.25, 0.3) is 0 Å². The fourth-order valence-electron chi connectivity index (χ4n) is 5.21. The van der Waals surface area contributed by atoms with Crippen molar-refractivity contribution in [2.24, 2.45) is 0 Å². The monoisotopic (exact) mass is 556 g/mol. The van der Waals surface area contributed by atoms with Crippen LogP contribution in [0.4, 0.5) is 0 Å². The standard InChI is InChI=1S/2C15H24O.C7H7.Al/c2*1-10-8-11(14(2,3)4)13(16)12(9-10)15(5,6)7;1-7-5-3-2-4-6-7;/h2*8-9,16H,1-7H3;2-6H,1H2;/q;;;+2/p-2. The highest BCUT2D eigenvalue weighted by Gasteiger charge is 2.40. The summed E-state index contributed by atoms with van der Waals surface area (Å²) in [6.07, 6.45) is 0. The molecule has 0 aliphatic heterocycles. The Morgan fingerprint density at radius 2 is 0.800 bits per heavy atom. The molecule has 216 valence electrons. The Bertz CT molecular complexity index is 1160. The third-order valence-corrected chi connectivity index (χ3v) is 9.24. The minimum Gasteiger partial charge on any atom is -0.611 e. The molecule has 0 atom stereocenters. The number of aryl methyl sites for hydroxylation is 2. The second-order valence-electron chi connectivity index (χ2n) is 15.7. The Morgan fingerprint density at radius 1 is 0.500 bits per heavy atom. The largest absolute Gasteiger partial charge is 0.861 e. The molecular weight excluding hydrogens is 503 g/mol. The lowest BCUT2D eigenvalue weighted by Gasteiger charge is -2.34. The Kier molecular flexibility index (Phi) is 9.36. The molecule has 3 aromatic carbocycles. The van der Waals surface area contributed by atoms with Crippen LogP contribution in [0.5, 0.6) is 11.5 Å². The fraction of sp³-hybridized carbons (Fsp3) is 0.514. The average molecular weight is 557 g/mol. The van der Waals surface area contributed by atoms with Gasteiger partial charge in [0.2, 0.25) is 0 Å². The van der Waals surface area contributed by atoms with Gasteiger partial charge in [-0.15, -0.1) is 0 Å². The summed E-state index contributed by atoms with van der Waals surface area (Å²) in [5.74, 6) is 2.03. The summed E-state index contributed by atoms with van der Waals surface area (Å²) in [5.41, 5.74) is 8.54. The summed E-state index contributed by atoms with van der Waals surface area (Å²) in [7, 11) is 0. The van der Waals surface area contributed by atoms with E-state index in [9.17, 15) is 0 Å². The molecular formula is C37H53AlO2. The highest BCUT2D eigenvalue weighted by Crippen LogP contribution is 2.43. The molecule has 0 N–H and O–H groups in total. The van der Waals surface area contributed by atoms with E-state index in [4.69, 9.17) is 7.58 Å². The smallest absolute Gasteiger partial charge is 0.611 e. The fourth-order valence-corrected chi connectivity index (χ4v) is 7.11. The zero-order chi connectivity index (χ0) is 30.3. The number of hydrogen-bond donors (Lipinski definition) is 0. The third kappa shape index (κ3) is 7.96. The predicted molar refractivity (Wildman–Crippen MR) is 174 cm³/mol. The molecule has 0 radical (unpaired) electrons. The van der Waals surface area contributed by atoms with Crippen molar-refractivity contribution >= 4 is 14.8 Å². The van der Waals surface area contributed by atoms with Gasteiger partial charge < -0.3 is 7.58 Å². The minimum atomic E-state index is -2.34. The normalized spacial score (nSPS) is 12.8. The second-order valence-corrected chi connectivity index (χ2v) is 17.5. The van der Waals surface area contributed by atoms with Crippen LogP contribution in [0.2, 0.25) is 0 Å². The predicted octanol–water partition coefficient (Wildman–Crippen LogP) is 10.2. The Labute approximate surface area is 250 Å². The molecule has 0 heterocycles. The van der Waals surface area contributed by atoms with E-state index in [1.807, 2.05) is 0 Å². The summed E-state index contributed by atoms with van der Waals surface area (Å²) in [6, 6.07) is 19.9. The molecule has 0 bridgehead atoms. The van der Waals surface area contributed by atoms with Crippen molar-refractivity contribution in [3.8, 4) is 11.5 Å². The van der Waals surface area contributed by atoms with Crippen LogP contribution in [0.3, 0.4) is 0 Å². The van der Waals surface area contributed by atoms with E-state index in [1.54, 1.807) is 0 Å². The summed E-state index contributed by atoms with van der Waals surface area (Å²) in [4.78, 5) is 0. The molecule has 3 heteroatoms. The van der Waals surface area contributed by atoms with Gasteiger partial charge in [-0.05, 0) is 57.8 Å². The van der Waals surface area contributed by atoms with E-state index in [2.05, 4.69) is 152 Å². The van der Waals surface area contributed by atoms with Crippen molar-refractivity contribution in [2.45, 2.75) is 124 Å². The lowest BCUT2D eigenvalue weighted by molar-refractivity contribution is 0.385. The first-order valence-electron chi connectivity index (χ1n) is 14.9. The molecule has 0 fully saturated rings. The first-order valence-corrected chi connectivity index (χ1v) is 16.6. The Balaban J connectivity index is 2.28. The quantitative estimate of drug-likeness (QED) is 0.281. The summed E-state index contributed by atoms with van der Waals surface area (Å²) >= 11 is -2.34. The van der Waals surface area contributed by atoms with E-state index in [-0.39, 0.29) is 21.7 Å². The van der Waals surface area contributed by atoms with Gasteiger partial charge in [-0.1, -0.05) is 154 Å². The zero-order valence-corrected chi connectivity index (χ0v) is 29.0. The van der Waals surface area contributed by atoms with Gasteiger partial charge in [-0.2, -0.15) is 0 Å². The van der Waals surface area contributed by atoms with E-state index in [1.165, 1.54) is 38.9 Å². The van der Waals surface area contributed by atoms with Crippen LogP contribution in [0, 0.1) is 13.8 Å². The Hall–Kier alpha value is -2.21. The van der Waals surface area contributed by atoms with Gasteiger partial charge in [0.15, 0.2) is 0 Å². The maximum absolute atomic E-state index is 7.27. The Morgan fingerprint density at radius 3 is 1.07 bits per heavy atom. The molecule has 0 amide bonds. The molecule has 40 heavy (non-hydrogen) atoms. The second kappa shape index (κ2) is 11.6. The third-order valence-electron chi connectivity index (χ3n) is 7.44. The van der Waals surface area contributed by atoms with Gasteiger partial charge in [0.1, 0.15) is 0 Å². The molecule has 0 saturated carbocycles. The SMILES string of the molecule is Cc1cc(C(C)(C)C)c([O][Al]([CH2]c2ccccc2)[O]c2c(C(C)(C)C)cc(C)cc2C(C)(C)C)c(C(C)(C)C)c1. The first kappa shape index (κ1) is 32.3. The van der Waals surface area contributed by atoms with Gasteiger partial charge in [0.05, 0.1) is 11.5 Å². The molecule has 0 spiro atoms. The topological polar surface area (TPSA) is 18.5 Å². The number of rotatable bonds is 6. The van der Waals surface area contributed by atoms with Gasteiger partial charge in [-0.3, -0.25) is 0 Å². The average Bonchev–Trinajstić information content (AvgIpc) is 2.78. The van der Waals surface area contributed by atoms with Crippen molar-refractivity contribution in [1.29, 1.82) is 0 Å². The lowest BCUT2D eigenvalue weighted by atomic mass is 9.78. The van der Waals surface area contributed by atoms with Crippen molar-refractivity contribution in [1.82, 2.24) is 0 Å². The summed E-state index contributed by atoms with van der Waals surface area (Å²) in [6.45, 7) is 31.8. The molecule has 0 aromatic heterocycles. The number of hydrogen-bond acceptors (Lipinski definition) is 2. The van der Waals surface area contributed by atoms with Crippen LogP contribution in [0.1, 0.15) is 122 Å². The highest BCUT2D eigenvalue weighted by molar-refractivity contribution is 6.46. The van der Waals surface area contributed by atoms with E-state index in [0.717, 1.165) is 16.8 Å². The van der Waals surface area contributed by atoms with E-state index in [0.29, 0.717) is 0 Å². The maximum atomic E-state index is 7.27. The van der Waals surface area contributed by atoms with Crippen molar-refractivity contribution in [2.75, 3.05) is 0 Å². The van der Waals surface area contributed by atoms with Gasteiger partial charge in [-0.25, -0.2) is 0 Å². The summed E-state index contributed by atoms with van der Waals surface area (Å²) < 4.78 is 14.5. The van der Waals surface area contributed by atoms with Crippen LogP contribution in [-0.4, -0.2) is 14.8 Å². The summed E-state index contributed by atoms with van der Waals surface area (Å²) in [5, 5.41) is 0.781. The van der Waals surface area contributed by atoms with Crippen molar-refractivity contribution in [3.05, 3.63) is 93.5 Å². The van der Waals surface area contributed by atoms with E-state index < -0.39 is 14.8 Å². The van der Waals surface area contributed by atoms with Crippen molar-refractivity contribution in [3.63, 3.8) is 0 Å². The van der Waals surface area contributed by atoms with Gasteiger partial charge in [0.25, 0.3) is 0 Å². The zero-order valence-electron chi connectivity index (χ0n) is 27.8. The molecule has 0 saturated heterocycles. The minimum absolute atomic E-state index is 0.0654. The maximum Gasteiger partial charge on any atom is 0.861 e. The van der Waals surface area contributed by atoms with Crippen LogP contribution >= 0.6 is 0 Å². The molecule has 0 aliphatic carbocycles.